The third-order valence-corrected chi connectivity index (χ3v) is 4.97. The molecule has 2 aromatic carbocycles. The van der Waals surface area contributed by atoms with Crippen molar-refractivity contribution < 1.29 is 28.5 Å². The average Bonchev–Trinajstić information content (AvgIpc) is 3.28. The van der Waals surface area contributed by atoms with Crippen molar-refractivity contribution in [3.8, 4) is 17.2 Å². The number of hydrogen-bond donors (Lipinski definition) is 0. The van der Waals surface area contributed by atoms with Gasteiger partial charge in [0.2, 0.25) is 5.78 Å². The molecule has 1 aromatic heterocycles. The second-order valence-corrected chi connectivity index (χ2v) is 6.72. The first-order valence-electron chi connectivity index (χ1n) is 9.48. The molecule has 0 bridgehead atoms. The average molecular weight is 407 g/mol. The number of hydrogen-bond acceptors (Lipinski definition) is 6. The predicted molar refractivity (Wildman–Crippen MR) is 111 cm³/mol. The van der Waals surface area contributed by atoms with Gasteiger partial charge in [-0.2, -0.15) is 0 Å². The van der Waals surface area contributed by atoms with E-state index < -0.39 is 5.97 Å². The summed E-state index contributed by atoms with van der Waals surface area (Å²) >= 11 is 0. The molecule has 2 heterocycles. The van der Waals surface area contributed by atoms with Crippen LogP contribution in [0, 0.1) is 0 Å². The number of rotatable bonds is 6. The molecule has 1 aliphatic rings. The number of Topliss-reactive ketones (excluding diaryl/α,β-unsaturated/α-hetero) is 1. The Hall–Kier alpha value is -3.74. The molecule has 0 fully saturated rings. The van der Waals surface area contributed by atoms with Gasteiger partial charge in [0.15, 0.2) is 12.4 Å². The summed E-state index contributed by atoms with van der Waals surface area (Å²) in [6.07, 6.45) is 3.73. The van der Waals surface area contributed by atoms with Gasteiger partial charge in [-0.15, -0.1) is 0 Å². The molecule has 3 aromatic rings. The van der Waals surface area contributed by atoms with Crippen LogP contribution in [0.3, 0.4) is 0 Å². The van der Waals surface area contributed by atoms with E-state index in [4.69, 9.17) is 14.2 Å². The van der Waals surface area contributed by atoms with Gasteiger partial charge < -0.3 is 23.5 Å². The van der Waals surface area contributed by atoms with Crippen LogP contribution >= 0.6 is 0 Å². The van der Waals surface area contributed by atoms with Crippen molar-refractivity contribution in [2.24, 2.45) is 0 Å². The Kier molecular flexibility index (Phi) is 5.18. The Morgan fingerprint density at radius 1 is 1.13 bits per heavy atom. The predicted octanol–water partition coefficient (Wildman–Crippen LogP) is 3.84. The standard InChI is InChI=1S/C23H21NO6/c1-4-24-12-14(18-10-15(27-2)6-8-19(18)24)9-21-23(26)17-7-5-16(11-20(17)30-21)29-13-22(25)28-3/h5-12H,4,13H2,1-3H3/b21-9+. The number of benzene rings is 2. The minimum atomic E-state index is -0.490. The second kappa shape index (κ2) is 7.94. The zero-order chi connectivity index (χ0) is 21.3. The van der Waals surface area contributed by atoms with Gasteiger partial charge in [-0.25, -0.2) is 4.79 Å². The van der Waals surface area contributed by atoms with Crippen LogP contribution < -0.4 is 14.2 Å². The fourth-order valence-electron chi connectivity index (χ4n) is 3.41. The van der Waals surface area contributed by atoms with Gasteiger partial charge in [-0.1, -0.05) is 0 Å². The van der Waals surface area contributed by atoms with E-state index in [1.54, 1.807) is 31.4 Å². The molecule has 154 valence electrons. The molecule has 0 amide bonds. The molecule has 1 aliphatic heterocycles. The van der Waals surface area contributed by atoms with Crippen LogP contribution in [0.2, 0.25) is 0 Å². The van der Waals surface area contributed by atoms with E-state index in [9.17, 15) is 9.59 Å². The number of aryl methyl sites for hydroxylation is 1. The molecule has 0 saturated heterocycles. The van der Waals surface area contributed by atoms with E-state index in [-0.39, 0.29) is 18.1 Å². The molecule has 0 atom stereocenters. The number of fused-ring (bicyclic) bond motifs is 2. The van der Waals surface area contributed by atoms with Gasteiger partial charge in [0.05, 0.1) is 19.8 Å². The Labute approximate surface area is 173 Å². The lowest BCUT2D eigenvalue weighted by atomic mass is 10.1. The number of aromatic nitrogens is 1. The Balaban J connectivity index is 1.66. The van der Waals surface area contributed by atoms with E-state index in [1.807, 2.05) is 24.4 Å². The first-order valence-corrected chi connectivity index (χ1v) is 9.48. The van der Waals surface area contributed by atoms with Crippen molar-refractivity contribution in [2.45, 2.75) is 13.5 Å². The molecule has 0 unspecified atom stereocenters. The molecule has 0 N–H and O–H groups in total. The third kappa shape index (κ3) is 3.50. The van der Waals surface area contributed by atoms with Gasteiger partial charge in [0.25, 0.3) is 0 Å². The minimum absolute atomic E-state index is 0.204. The normalized spacial score (nSPS) is 14.0. The highest BCUT2D eigenvalue weighted by Gasteiger charge is 2.28. The molecule has 0 aliphatic carbocycles. The van der Waals surface area contributed by atoms with E-state index >= 15 is 0 Å². The van der Waals surface area contributed by atoms with Crippen LogP contribution in [-0.2, 0) is 16.1 Å². The first kappa shape index (κ1) is 19.6. The van der Waals surface area contributed by atoms with Crippen molar-refractivity contribution in [1.29, 1.82) is 0 Å². The van der Waals surface area contributed by atoms with E-state index in [0.717, 1.165) is 28.8 Å². The van der Waals surface area contributed by atoms with E-state index in [2.05, 4.69) is 16.2 Å². The topological polar surface area (TPSA) is 76.0 Å². The lowest BCUT2D eigenvalue weighted by Gasteiger charge is -2.05. The lowest BCUT2D eigenvalue weighted by molar-refractivity contribution is -0.142. The summed E-state index contributed by atoms with van der Waals surface area (Å²) < 4.78 is 23.2. The number of methoxy groups -OCH3 is 2. The van der Waals surface area contributed by atoms with Crippen LogP contribution in [0.1, 0.15) is 22.8 Å². The lowest BCUT2D eigenvalue weighted by Crippen LogP contribution is -2.12. The maximum atomic E-state index is 12.8. The summed E-state index contributed by atoms with van der Waals surface area (Å²) in [6, 6.07) is 10.7. The van der Waals surface area contributed by atoms with E-state index in [1.165, 1.54) is 7.11 Å². The number of ether oxygens (including phenoxy) is 4. The smallest absolute Gasteiger partial charge is 0.343 e. The molecule has 4 rings (SSSR count). The molecule has 7 nitrogen and oxygen atoms in total. The molecular weight excluding hydrogens is 386 g/mol. The molecular formula is C23H21NO6. The Bertz CT molecular complexity index is 1170. The van der Waals surface area contributed by atoms with Crippen LogP contribution in [0.25, 0.3) is 17.0 Å². The quantitative estimate of drug-likeness (QED) is 0.457. The van der Waals surface area contributed by atoms with E-state index in [0.29, 0.717) is 17.1 Å². The Morgan fingerprint density at radius 2 is 1.93 bits per heavy atom. The highest BCUT2D eigenvalue weighted by molar-refractivity contribution is 6.15. The van der Waals surface area contributed by atoms with Crippen LogP contribution in [0.4, 0.5) is 0 Å². The highest BCUT2D eigenvalue weighted by atomic mass is 16.6. The molecule has 0 spiro atoms. The number of nitrogens with zero attached hydrogens (tertiary/aromatic N) is 1. The van der Waals surface area contributed by atoms with Crippen LogP contribution in [0.15, 0.2) is 48.4 Å². The summed E-state index contributed by atoms with van der Waals surface area (Å²) in [5.41, 5.74) is 2.36. The maximum absolute atomic E-state index is 12.8. The minimum Gasteiger partial charge on any atom is -0.497 e. The highest BCUT2D eigenvalue weighted by Crippen LogP contribution is 2.36. The van der Waals surface area contributed by atoms with Crippen molar-refractivity contribution >= 4 is 28.7 Å². The Morgan fingerprint density at radius 3 is 2.67 bits per heavy atom. The van der Waals surface area contributed by atoms with Gasteiger partial charge in [0, 0.05) is 35.3 Å². The number of ketones is 1. The van der Waals surface area contributed by atoms with Crippen molar-refractivity contribution in [3.05, 3.63) is 59.5 Å². The van der Waals surface area contributed by atoms with Gasteiger partial charge in [0.1, 0.15) is 17.2 Å². The van der Waals surface area contributed by atoms with Gasteiger partial charge >= 0.3 is 5.97 Å². The fraction of sp³-hybridized carbons (Fsp3) is 0.217. The number of carbonyl (C=O) groups excluding carboxylic acids is 2. The van der Waals surface area contributed by atoms with Crippen molar-refractivity contribution in [1.82, 2.24) is 4.57 Å². The number of esters is 1. The van der Waals surface area contributed by atoms with Gasteiger partial charge in [-0.05, 0) is 43.3 Å². The third-order valence-electron chi connectivity index (χ3n) is 4.97. The van der Waals surface area contributed by atoms with Gasteiger partial charge in [-0.3, -0.25) is 4.79 Å². The SMILES string of the molecule is CCn1cc(/C=C2/Oc3cc(OCC(=O)OC)ccc3C2=O)c2cc(OC)ccc21. The number of carbonyl (C=O) groups is 2. The summed E-state index contributed by atoms with van der Waals surface area (Å²) in [5.74, 6) is 1.09. The molecule has 30 heavy (non-hydrogen) atoms. The summed E-state index contributed by atoms with van der Waals surface area (Å²) in [4.78, 5) is 24.1. The molecule has 0 radical (unpaired) electrons. The first-order chi connectivity index (χ1) is 14.5. The van der Waals surface area contributed by atoms with Crippen molar-refractivity contribution in [3.63, 3.8) is 0 Å². The zero-order valence-corrected chi connectivity index (χ0v) is 16.9. The summed E-state index contributed by atoms with van der Waals surface area (Å²) in [5, 5.41) is 0.971. The fourth-order valence-corrected chi connectivity index (χ4v) is 3.41. The maximum Gasteiger partial charge on any atom is 0.343 e. The molecule has 0 saturated carbocycles. The zero-order valence-electron chi connectivity index (χ0n) is 16.9. The summed E-state index contributed by atoms with van der Waals surface area (Å²) in [6.45, 7) is 2.63. The van der Waals surface area contributed by atoms with Crippen LogP contribution in [0.5, 0.6) is 17.2 Å². The molecule has 7 heteroatoms. The second-order valence-electron chi connectivity index (χ2n) is 6.72. The monoisotopic (exact) mass is 407 g/mol. The summed E-state index contributed by atoms with van der Waals surface area (Å²) in [7, 11) is 2.91. The van der Waals surface area contributed by atoms with Crippen LogP contribution in [-0.4, -0.2) is 37.1 Å². The number of allylic oxidation sites excluding steroid dienone is 1. The largest absolute Gasteiger partial charge is 0.497 e. The van der Waals surface area contributed by atoms with Crippen molar-refractivity contribution in [2.75, 3.05) is 20.8 Å².